The minimum absolute atomic E-state index is 0.0289. The molecule has 0 fully saturated rings. The topological polar surface area (TPSA) is 68.2 Å². The summed E-state index contributed by atoms with van der Waals surface area (Å²) < 4.78 is 8.28. The Morgan fingerprint density at radius 2 is 2.15 bits per heavy atom. The van der Waals surface area contributed by atoms with E-state index >= 15 is 0 Å². The Morgan fingerprint density at radius 1 is 1.31 bits per heavy atom. The predicted octanol–water partition coefficient (Wildman–Crippen LogP) is 4.05. The van der Waals surface area contributed by atoms with Crippen LogP contribution in [0.15, 0.2) is 59.5 Å². The molecule has 1 atom stereocenters. The predicted molar refractivity (Wildman–Crippen MR) is 104 cm³/mol. The first kappa shape index (κ1) is 16.7. The largest absolute Gasteiger partial charge is 0.495 e. The van der Waals surface area contributed by atoms with Gasteiger partial charge in [-0.1, -0.05) is 40.2 Å². The van der Waals surface area contributed by atoms with E-state index in [1.165, 1.54) is 5.56 Å². The number of carbonyl (C=O) groups excluding carboxylic acids is 1. The van der Waals surface area contributed by atoms with Crippen LogP contribution in [0.3, 0.4) is 0 Å². The lowest BCUT2D eigenvalue weighted by molar-refractivity contribution is 0.251. The average Bonchev–Trinajstić information content (AvgIpc) is 3.23. The van der Waals surface area contributed by atoms with Crippen molar-refractivity contribution in [3.63, 3.8) is 0 Å². The Hall–Kier alpha value is -2.80. The molecule has 0 saturated heterocycles. The van der Waals surface area contributed by atoms with Crippen LogP contribution in [0, 0.1) is 0 Å². The molecule has 7 heteroatoms. The van der Waals surface area contributed by atoms with Crippen LogP contribution < -0.4 is 15.4 Å². The van der Waals surface area contributed by atoms with Crippen molar-refractivity contribution in [3.8, 4) is 17.0 Å². The van der Waals surface area contributed by atoms with Gasteiger partial charge in [0.05, 0.1) is 37.1 Å². The van der Waals surface area contributed by atoms with Gasteiger partial charge in [0.2, 0.25) is 0 Å². The highest BCUT2D eigenvalue weighted by atomic mass is 79.9. The van der Waals surface area contributed by atoms with Gasteiger partial charge in [-0.3, -0.25) is 0 Å². The summed E-state index contributed by atoms with van der Waals surface area (Å²) in [5.74, 6) is 0.595. The maximum Gasteiger partial charge on any atom is 0.319 e. The highest BCUT2D eigenvalue weighted by Crippen LogP contribution is 2.38. The van der Waals surface area contributed by atoms with E-state index in [0.717, 1.165) is 15.7 Å². The molecule has 2 amide bonds. The minimum atomic E-state index is -0.281. The van der Waals surface area contributed by atoms with E-state index in [9.17, 15) is 4.79 Å². The fourth-order valence-electron chi connectivity index (χ4n) is 3.26. The quantitative estimate of drug-likeness (QED) is 0.678. The third kappa shape index (κ3) is 2.94. The van der Waals surface area contributed by atoms with Crippen LogP contribution in [-0.2, 0) is 0 Å². The fraction of sp³-hybridized carbons (Fsp3) is 0.158. The molecule has 4 rings (SSSR count). The number of urea groups is 1. The normalized spacial score (nSPS) is 14.5. The number of fused-ring (bicyclic) bond motifs is 3. The van der Waals surface area contributed by atoms with E-state index in [1.807, 2.05) is 24.4 Å². The molecule has 1 unspecified atom stereocenters. The van der Waals surface area contributed by atoms with Gasteiger partial charge in [0, 0.05) is 16.6 Å². The van der Waals surface area contributed by atoms with E-state index in [-0.39, 0.29) is 12.1 Å². The summed E-state index contributed by atoms with van der Waals surface area (Å²) in [6.07, 6.45) is 3.66. The van der Waals surface area contributed by atoms with Crippen LogP contribution in [0.4, 0.5) is 10.5 Å². The van der Waals surface area contributed by atoms with Gasteiger partial charge in [-0.25, -0.2) is 9.78 Å². The van der Waals surface area contributed by atoms with E-state index < -0.39 is 0 Å². The number of amides is 2. The SMILES string of the molecule is COc1cc(Br)ccc1NC(=O)NCC1c2ccccc2-c2cncn21. The lowest BCUT2D eigenvalue weighted by Crippen LogP contribution is -2.33. The third-order valence-corrected chi connectivity index (χ3v) is 4.96. The Balaban J connectivity index is 1.47. The molecule has 1 aromatic heterocycles. The van der Waals surface area contributed by atoms with Crippen molar-refractivity contribution in [1.29, 1.82) is 0 Å². The number of rotatable bonds is 4. The first-order chi connectivity index (χ1) is 12.7. The number of benzene rings is 2. The highest BCUT2D eigenvalue weighted by molar-refractivity contribution is 9.10. The molecule has 6 nitrogen and oxygen atoms in total. The van der Waals surface area contributed by atoms with Gasteiger partial charge in [0.25, 0.3) is 0 Å². The number of imidazole rings is 1. The Morgan fingerprint density at radius 3 is 3.00 bits per heavy atom. The number of methoxy groups -OCH3 is 1. The molecule has 1 aliphatic rings. The molecule has 26 heavy (non-hydrogen) atoms. The first-order valence-electron chi connectivity index (χ1n) is 8.17. The molecular weight excluding hydrogens is 396 g/mol. The zero-order valence-electron chi connectivity index (χ0n) is 14.1. The fourth-order valence-corrected chi connectivity index (χ4v) is 3.60. The summed E-state index contributed by atoms with van der Waals surface area (Å²) in [6, 6.07) is 13.4. The summed E-state index contributed by atoms with van der Waals surface area (Å²) in [5, 5.41) is 5.78. The summed E-state index contributed by atoms with van der Waals surface area (Å²) >= 11 is 3.39. The van der Waals surface area contributed by atoms with Gasteiger partial charge < -0.3 is 19.9 Å². The van der Waals surface area contributed by atoms with Crippen LogP contribution in [0.5, 0.6) is 5.75 Å². The number of hydrogen-bond donors (Lipinski definition) is 2. The smallest absolute Gasteiger partial charge is 0.319 e. The molecule has 2 heterocycles. The molecule has 0 bridgehead atoms. The number of ether oxygens (including phenoxy) is 1. The van der Waals surface area contributed by atoms with E-state index in [1.54, 1.807) is 25.6 Å². The molecule has 2 N–H and O–H groups in total. The lowest BCUT2D eigenvalue weighted by atomic mass is 10.0. The second-order valence-corrected chi connectivity index (χ2v) is 6.88. The average molecular weight is 413 g/mol. The summed E-state index contributed by atoms with van der Waals surface area (Å²) in [7, 11) is 1.57. The van der Waals surface area contributed by atoms with Crippen molar-refractivity contribution in [3.05, 3.63) is 65.0 Å². The molecule has 0 radical (unpaired) electrons. The molecule has 132 valence electrons. The van der Waals surface area contributed by atoms with Crippen molar-refractivity contribution < 1.29 is 9.53 Å². The number of anilines is 1. The number of nitrogens with one attached hydrogen (secondary N) is 2. The number of nitrogens with zero attached hydrogens (tertiary/aromatic N) is 2. The van der Waals surface area contributed by atoms with Crippen molar-refractivity contribution >= 4 is 27.6 Å². The number of aromatic nitrogens is 2. The van der Waals surface area contributed by atoms with E-state index in [0.29, 0.717) is 18.0 Å². The summed E-state index contributed by atoms with van der Waals surface area (Å²) in [6.45, 7) is 0.463. The third-order valence-electron chi connectivity index (χ3n) is 4.47. The number of hydrogen-bond acceptors (Lipinski definition) is 3. The molecule has 3 aromatic rings. The lowest BCUT2D eigenvalue weighted by Gasteiger charge is -2.17. The Bertz CT molecular complexity index is 970. The van der Waals surface area contributed by atoms with E-state index in [4.69, 9.17) is 4.74 Å². The summed E-state index contributed by atoms with van der Waals surface area (Å²) in [4.78, 5) is 16.6. The minimum Gasteiger partial charge on any atom is -0.495 e. The Labute approximate surface area is 159 Å². The van der Waals surface area contributed by atoms with Crippen LogP contribution in [0.1, 0.15) is 11.6 Å². The van der Waals surface area contributed by atoms with E-state index in [2.05, 4.69) is 48.2 Å². The molecule has 0 spiro atoms. The zero-order valence-corrected chi connectivity index (χ0v) is 15.7. The van der Waals surface area contributed by atoms with Crippen molar-refractivity contribution in [2.45, 2.75) is 6.04 Å². The molecule has 0 saturated carbocycles. The molecule has 1 aliphatic heterocycles. The maximum atomic E-state index is 12.4. The molecule has 0 aliphatic carbocycles. The summed E-state index contributed by atoms with van der Waals surface area (Å²) in [5.41, 5.74) is 4.03. The van der Waals surface area contributed by atoms with Gasteiger partial charge in [-0.05, 0) is 23.8 Å². The second-order valence-electron chi connectivity index (χ2n) is 5.97. The monoisotopic (exact) mass is 412 g/mol. The highest BCUT2D eigenvalue weighted by Gasteiger charge is 2.28. The van der Waals surface area contributed by atoms with Gasteiger partial charge in [-0.15, -0.1) is 0 Å². The Kier molecular flexibility index (Phi) is 4.38. The molecule has 2 aromatic carbocycles. The maximum absolute atomic E-state index is 12.4. The number of carbonyl (C=O) groups is 1. The number of halogens is 1. The molecular formula is C19H17BrN4O2. The van der Waals surface area contributed by atoms with Crippen LogP contribution >= 0.6 is 15.9 Å². The van der Waals surface area contributed by atoms with Crippen molar-refractivity contribution in [2.75, 3.05) is 19.0 Å². The van der Waals surface area contributed by atoms with Gasteiger partial charge in [0.1, 0.15) is 5.75 Å². The van der Waals surface area contributed by atoms with Gasteiger partial charge in [0.15, 0.2) is 0 Å². The van der Waals surface area contributed by atoms with Crippen molar-refractivity contribution in [1.82, 2.24) is 14.9 Å². The van der Waals surface area contributed by atoms with Gasteiger partial charge >= 0.3 is 6.03 Å². The van der Waals surface area contributed by atoms with Crippen LogP contribution in [-0.4, -0.2) is 29.2 Å². The standard InChI is InChI=1S/C19H17BrN4O2/c1-26-18-8-12(20)6-7-15(18)23-19(25)22-10-17-14-5-3-2-4-13(14)16-9-21-11-24(16)17/h2-9,11,17H,10H2,1H3,(H2,22,23,25). The second kappa shape index (κ2) is 6.84. The van der Waals surface area contributed by atoms with Crippen LogP contribution in [0.2, 0.25) is 0 Å². The van der Waals surface area contributed by atoms with Crippen molar-refractivity contribution in [2.24, 2.45) is 0 Å². The van der Waals surface area contributed by atoms with Crippen LogP contribution in [0.25, 0.3) is 11.3 Å². The first-order valence-corrected chi connectivity index (χ1v) is 8.96. The van der Waals surface area contributed by atoms with Gasteiger partial charge in [-0.2, -0.15) is 0 Å². The zero-order chi connectivity index (χ0) is 18.1.